The molecular formula is C30H36N4O7S. The number of fused-ring (bicyclic) bond motifs is 2. The zero-order valence-corrected chi connectivity index (χ0v) is 24.9. The highest BCUT2D eigenvalue weighted by atomic mass is 32.2. The monoisotopic (exact) mass is 596 g/mol. The number of hydrogen-bond donors (Lipinski definition) is 1. The zero-order chi connectivity index (χ0) is 30.2. The van der Waals surface area contributed by atoms with Crippen LogP contribution < -0.4 is 4.90 Å². The summed E-state index contributed by atoms with van der Waals surface area (Å²) in [6, 6.07) is 12.5. The van der Waals surface area contributed by atoms with Crippen molar-refractivity contribution in [2.24, 2.45) is 0 Å². The maximum Gasteiger partial charge on any atom is 0.296 e. The minimum atomic E-state index is -3.87. The molecule has 0 unspecified atom stereocenters. The lowest BCUT2D eigenvalue weighted by atomic mass is 9.82. The molecule has 0 bridgehead atoms. The number of ketones is 1. The van der Waals surface area contributed by atoms with Gasteiger partial charge in [0, 0.05) is 57.9 Å². The number of aliphatic hydroxyl groups is 1. The lowest BCUT2D eigenvalue weighted by molar-refractivity contribution is -0.143. The van der Waals surface area contributed by atoms with Crippen LogP contribution >= 0.6 is 0 Å². The number of amides is 2. The van der Waals surface area contributed by atoms with Crippen LogP contribution in [0.5, 0.6) is 0 Å². The molecule has 0 radical (unpaired) electrons. The summed E-state index contributed by atoms with van der Waals surface area (Å²) in [6.07, 6.45) is 1.12. The number of carbonyl (C=O) groups is 3. The van der Waals surface area contributed by atoms with Crippen molar-refractivity contribution in [2.75, 3.05) is 64.9 Å². The van der Waals surface area contributed by atoms with Gasteiger partial charge in [-0.05, 0) is 31.0 Å². The molecule has 5 rings (SSSR count). The van der Waals surface area contributed by atoms with Crippen LogP contribution in [0.15, 0.2) is 59.0 Å². The zero-order valence-electron chi connectivity index (χ0n) is 24.1. The molecule has 2 aromatic carbocycles. The van der Waals surface area contributed by atoms with Gasteiger partial charge in [0.25, 0.3) is 17.6 Å². The molecule has 11 nitrogen and oxygen atoms in total. The number of rotatable bonds is 9. The molecule has 42 heavy (non-hydrogen) atoms. The number of nitrogens with zero attached hydrogens (tertiary/aromatic N) is 4. The summed E-state index contributed by atoms with van der Waals surface area (Å²) < 4.78 is 32.2. The van der Waals surface area contributed by atoms with E-state index in [4.69, 9.17) is 4.74 Å². The molecule has 12 heteroatoms. The first kappa shape index (κ1) is 29.9. The molecule has 0 aromatic heterocycles. The molecule has 224 valence electrons. The highest BCUT2D eigenvalue weighted by Gasteiger charge is 2.66. The van der Waals surface area contributed by atoms with Gasteiger partial charge < -0.3 is 19.6 Å². The van der Waals surface area contributed by atoms with E-state index in [2.05, 4.69) is 4.90 Å². The van der Waals surface area contributed by atoms with Crippen LogP contribution in [0.2, 0.25) is 0 Å². The fourth-order valence-corrected chi connectivity index (χ4v) is 7.00. The van der Waals surface area contributed by atoms with Gasteiger partial charge in [-0.3, -0.25) is 19.3 Å². The van der Waals surface area contributed by atoms with Crippen LogP contribution in [0.1, 0.15) is 30.9 Å². The van der Waals surface area contributed by atoms with Gasteiger partial charge in [-0.15, -0.1) is 0 Å². The molecule has 3 aliphatic rings. The molecule has 2 saturated heterocycles. The number of anilines is 1. The van der Waals surface area contributed by atoms with Crippen molar-refractivity contribution >= 4 is 39.1 Å². The third-order valence-corrected chi connectivity index (χ3v) is 9.91. The summed E-state index contributed by atoms with van der Waals surface area (Å²) in [7, 11) is -1.09. The van der Waals surface area contributed by atoms with Crippen LogP contribution in [0, 0.1) is 0 Å². The highest BCUT2D eigenvalue weighted by Crippen LogP contribution is 2.53. The van der Waals surface area contributed by atoms with E-state index in [9.17, 15) is 27.9 Å². The Morgan fingerprint density at radius 2 is 1.71 bits per heavy atom. The summed E-state index contributed by atoms with van der Waals surface area (Å²) in [6.45, 7) is 5.77. The normalized spacial score (nSPS) is 22.5. The van der Waals surface area contributed by atoms with Crippen molar-refractivity contribution < 1.29 is 32.6 Å². The molecular weight excluding hydrogens is 560 g/mol. The van der Waals surface area contributed by atoms with Gasteiger partial charge in [0.1, 0.15) is 5.76 Å². The van der Waals surface area contributed by atoms with Crippen LogP contribution in [0.25, 0.3) is 5.76 Å². The Kier molecular flexibility index (Phi) is 8.26. The maximum absolute atomic E-state index is 14.5. The van der Waals surface area contributed by atoms with Gasteiger partial charge >= 0.3 is 0 Å². The maximum atomic E-state index is 14.5. The first-order chi connectivity index (χ1) is 20.1. The molecule has 2 aromatic rings. The number of morpholine rings is 1. The van der Waals surface area contributed by atoms with Crippen LogP contribution in [-0.2, 0) is 34.7 Å². The van der Waals surface area contributed by atoms with E-state index in [1.807, 2.05) is 6.92 Å². The average molecular weight is 597 g/mol. The topological polar surface area (TPSA) is 128 Å². The van der Waals surface area contributed by atoms with E-state index in [-0.39, 0.29) is 22.6 Å². The fourth-order valence-electron chi connectivity index (χ4n) is 6.05. The highest BCUT2D eigenvalue weighted by molar-refractivity contribution is 7.89. The number of benzene rings is 2. The Balaban J connectivity index is 1.68. The van der Waals surface area contributed by atoms with Gasteiger partial charge in [-0.25, -0.2) is 12.7 Å². The number of hydrogen-bond acceptors (Lipinski definition) is 8. The number of sulfonamides is 1. The van der Waals surface area contributed by atoms with Crippen molar-refractivity contribution in [3.63, 3.8) is 0 Å². The number of Topliss-reactive ketones (excluding diaryl/α,β-unsaturated/α-hetero) is 1. The number of carbonyl (C=O) groups excluding carboxylic acids is 3. The third-order valence-electron chi connectivity index (χ3n) is 8.10. The molecule has 1 spiro atoms. The van der Waals surface area contributed by atoms with Crippen LogP contribution in [0.3, 0.4) is 0 Å². The van der Waals surface area contributed by atoms with E-state index in [1.165, 1.54) is 43.3 Å². The molecule has 0 aliphatic carbocycles. The van der Waals surface area contributed by atoms with Gasteiger partial charge in [0.15, 0.2) is 5.54 Å². The van der Waals surface area contributed by atoms with E-state index >= 15 is 0 Å². The standard InChI is InChI=1S/C30H36N4O7S/c1-4-13-33-24-12-6-5-11-23(24)30(29(33)38)25(26(35)21-9-7-10-22(20-21)42(39,40)31(2)3)27(36)28(37)34(30)15-8-14-32-16-18-41-19-17-32/h5-7,9-12,20,35H,4,8,13-19H2,1-3H3/t30-/m0/s1. The molecule has 3 aliphatic heterocycles. The number of para-hydroxylation sites is 1. The Morgan fingerprint density at radius 1 is 1.00 bits per heavy atom. The van der Waals surface area contributed by atoms with Crippen molar-refractivity contribution in [3.8, 4) is 0 Å². The minimum absolute atomic E-state index is 0.0165. The summed E-state index contributed by atoms with van der Waals surface area (Å²) in [5, 5.41) is 11.7. The second-order valence-electron chi connectivity index (χ2n) is 10.8. The third kappa shape index (κ3) is 4.72. The van der Waals surface area contributed by atoms with Crippen molar-refractivity contribution in [1.29, 1.82) is 0 Å². The predicted molar refractivity (Wildman–Crippen MR) is 156 cm³/mol. The van der Waals surface area contributed by atoms with E-state index in [1.54, 1.807) is 29.2 Å². The first-order valence-corrected chi connectivity index (χ1v) is 15.5. The number of likely N-dealkylation sites (tertiary alicyclic amines) is 1. The number of aliphatic hydroxyl groups excluding tert-OH is 1. The lowest BCUT2D eigenvalue weighted by Crippen LogP contribution is -2.52. The predicted octanol–water partition coefficient (Wildman–Crippen LogP) is 1.99. The van der Waals surface area contributed by atoms with Gasteiger partial charge in [0.2, 0.25) is 10.0 Å². The molecule has 3 heterocycles. The molecule has 2 amide bonds. The van der Waals surface area contributed by atoms with E-state index in [0.29, 0.717) is 50.4 Å². The van der Waals surface area contributed by atoms with Crippen molar-refractivity contribution in [2.45, 2.75) is 30.2 Å². The summed E-state index contributed by atoms with van der Waals surface area (Å²) in [4.78, 5) is 47.1. The average Bonchev–Trinajstić information content (AvgIpc) is 3.36. The first-order valence-electron chi connectivity index (χ1n) is 14.1. The SMILES string of the molecule is CCCN1C(=O)[C@@]2(C(=C(O)c3cccc(S(=O)(=O)N(C)C)c3)C(=O)C(=O)N2CCCN2CCOCC2)c2ccccc21. The van der Waals surface area contributed by atoms with Crippen molar-refractivity contribution in [3.05, 3.63) is 65.2 Å². The Bertz CT molecular complexity index is 1550. The number of ether oxygens (including phenoxy) is 1. The van der Waals surface area contributed by atoms with E-state index in [0.717, 1.165) is 17.4 Å². The molecule has 0 saturated carbocycles. The lowest BCUT2D eigenvalue weighted by Gasteiger charge is -2.35. The molecule has 1 N–H and O–H groups in total. The second kappa shape index (κ2) is 11.6. The van der Waals surface area contributed by atoms with Gasteiger partial charge in [0.05, 0.1) is 29.4 Å². The smallest absolute Gasteiger partial charge is 0.296 e. The Morgan fingerprint density at radius 3 is 2.40 bits per heavy atom. The van der Waals surface area contributed by atoms with Crippen molar-refractivity contribution in [1.82, 2.24) is 14.1 Å². The molecule has 1 atom stereocenters. The van der Waals surface area contributed by atoms with Gasteiger partial charge in [-0.2, -0.15) is 0 Å². The summed E-state index contributed by atoms with van der Waals surface area (Å²) in [5.41, 5.74) is -1.21. The van der Waals surface area contributed by atoms with Gasteiger partial charge in [-0.1, -0.05) is 37.3 Å². The summed E-state index contributed by atoms with van der Waals surface area (Å²) in [5.74, 6) is -2.95. The largest absolute Gasteiger partial charge is 0.507 e. The Labute approximate surface area is 246 Å². The summed E-state index contributed by atoms with van der Waals surface area (Å²) >= 11 is 0. The molecule has 2 fully saturated rings. The quantitative estimate of drug-likeness (QED) is 0.265. The minimum Gasteiger partial charge on any atom is -0.507 e. The van der Waals surface area contributed by atoms with Crippen LogP contribution in [0.4, 0.5) is 5.69 Å². The van der Waals surface area contributed by atoms with Crippen LogP contribution in [-0.4, -0.2) is 105 Å². The second-order valence-corrected chi connectivity index (χ2v) is 13.0. The van der Waals surface area contributed by atoms with E-state index < -0.39 is 38.9 Å². The Hall–Kier alpha value is -3.58. The fraction of sp³-hybridized carbons (Fsp3) is 0.433.